The summed E-state index contributed by atoms with van der Waals surface area (Å²) >= 11 is 8.37. The van der Waals surface area contributed by atoms with Crippen LogP contribution >= 0.6 is 34.2 Å². The number of benzene rings is 1. The third-order valence-corrected chi connectivity index (χ3v) is 6.78. The molecule has 1 aromatic carbocycles. The summed E-state index contributed by atoms with van der Waals surface area (Å²) in [6, 6.07) is 7.86. The van der Waals surface area contributed by atoms with E-state index in [1.165, 1.54) is 18.3 Å². The molecular weight excluding hydrogens is 688 g/mol. The molecule has 41 heavy (non-hydrogen) atoms. The molecule has 0 fully saturated rings. The van der Waals surface area contributed by atoms with Crippen molar-refractivity contribution in [3.63, 3.8) is 0 Å². The molecule has 16 heteroatoms. The van der Waals surface area contributed by atoms with Crippen molar-refractivity contribution in [2.45, 2.75) is 38.9 Å². The van der Waals surface area contributed by atoms with E-state index in [0.717, 1.165) is 8.25 Å². The molecule has 216 valence electrons. The van der Waals surface area contributed by atoms with E-state index in [4.69, 9.17) is 11.6 Å². The number of aromatic nitrogens is 6. The number of ketones is 1. The van der Waals surface area contributed by atoms with Crippen LogP contribution in [0.1, 0.15) is 50.3 Å². The molecule has 0 atom stereocenters. The number of hydrogen-bond acceptors (Lipinski definition) is 6. The zero-order valence-corrected chi connectivity index (χ0v) is 24.2. The van der Waals surface area contributed by atoms with Crippen LogP contribution in [0.5, 0.6) is 0 Å². The van der Waals surface area contributed by atoms with Crippen LogP contribution in [0.15, 0.2) is 42.7 Å². The lowest BCUT2D eigenvalue weighted by molar-refractivity contribution is -0.291. The Bertz CT molecular complexity index is 1620. The van der Waals surface area contributed by atoms with Gasteiger partial charge in [0.25, 0.3) is 5.91 Å². The van der Waals surface area contributed by atoms with Crippen LogP contribution in [0.4, 0.5) is 22.0 Å². The van der Waals surface area contributed by atoms with Crippen molar-refractivity contribution in [3.8, 4) is 5.82 Å². The summed E-state index contributed by atoms with van der Waals surface area (Å²) < 4.78 is 67.6. The van der Waals surface area contributed by atoms with Crippen molar-refractivity contribution in [2.75, 3.05) is 6.54 Å². The van der Waals surface area contributed by atoms with Gasteiger partial charge in [0.15, 0.2) is 17.3 Å². The maximum atomic E-state index is 13.7. The van der Waals surface area contributed by atoms with Crippen molar-refractivity contribution in [2.24, 2.45) is 0 Å². The van der Waals surface area contributed by atoms with Crippen molar-refractivity contribution >= 4 is 45.9 Å². The first-order valence-electron chi connectivity index (χ1n) is 11.9. The lowest BCUT2D eigenvalue weighted by atomic mass is 9.95. The third kappa shape index (κ3) is 6.39. The molecule has 0 spiro atoms. The monoisotopic (exact) mass is 707 g/mol. The van der Waals surface area contributed by atoms with Gasteiger partial charge in [0.05, 0.1) is 16.9 Å². The minimum Gasteiger partial charge on any atom is -0.352 e. The van der Waals surface area contributed by atoms with Crippen molar-refractivity contribution < 1.29 is 31.5 Å². The van der Waals surface area contributed by atoms with Crippen LogP contribution in [0.2, 0.25) is 5.02 Å². The maximum Gasteiger partial charge on any atom is 0.459 e. The molecule has 0 aliphatic rings. The Labute approximate surface area is 248 Å². The van der Waals surface area contributed by atoms with Crippen LogP contribution < -0.4 is 5.32 Å². The van der Waals surface area contributed by atoms with Gasteiger partial charge in [-0.25, -0.2) is 9.67 Å². The number of aryl methyl sites for hydroxylation is 1. The number of pyridine rings is 1. The largest absolute Gasteiger partial charge is 0.459 e. The molecule has 0 unspecified atom stereocenters. The molecule has 0 radical (unpaired) electrons. The van der Waals surface area contributed by atoms with E-state index in [1.54, 1.807) is 26.0 Å². The molecule has 0 aliphatic carbocycles. The number of halogens is 7. The van der Waals surface area contributed by atoms with Crippen molar-refractivity contribution in [3.05, 3.63) is 85.1 Å². The smallest absolute Gasteiger partial charge is 0.352 e. The Kier molecular flexibility index (Phi) is 8.77. The average molecular weight is 708 g/mol. The molecule has 1 N–H and O–H groups in total. The summed E-state index contributed by atoms with van der Waals surface area (Å²) in [4.78, 5) is 31.2. The molecule has 3 aromatic heterocycles. The fourth-order valence-corrected chi connectivity index (χ4v) is 4.91. The summed E-state index contributed by atoms with van der Waals surface area (Å²) in [6.07, 6.45) is -4.35. The molecule has 1 amide bonds. The highest BCUT2D eigenvalue weighted by molar-refractivity contribution is 14.1. The highest BCUT2D eigenvalue weighted by atomic mass is 127. The first-order valence-corrected chi connectivity index (χ1v) is 13.3. The first-order chi connectivity index (χ1) is 19.2. The highest BCUT2D eigenvalue weighted by Gasteiger charge is 2.60. The van der Waals surface area contributed by atoms with Gasteiger partial charge in [-0.2, -0.15) is 42.0 Å². The number of nitrogens with one attached hydrogen (secondary N) is 1. The molecule has 4 aromatic rings. The van der Waals surface area contributed by atoms with Crippen LogP contribution in [0.3, 0.4) is 0 Å². The normalized spacial score (nSPS) is 12.0. The molecule has 0 saturated carbocycles. The van der Waals surface area contributed by atoms with Crippen molar-refractivity contribution in [1.82, 2.24) is 35.1 Å². The van der Waals surface area contributed by atoms with Crippen LogP contribution in [-0.2, 0) is 18.9 Å². The molecule has 3 heterocycles. The Balaban J connectivity index is 1.73. The third-order valence-electron chi connectivity index (χ3n) is 5.86. The summed E-state index contributed by atoms with van der Waals surface area (Å²) in [5.41, 5.74) is -0.0431. The van der Waals surface area contributed by atoms with E-state index in [1.807, 2.05) is 6.07 Å². The Morgan fingerprint density at radius 1 is 1.12 bits per heavy atom. The second-order valence-electron chi connectivity index (χ2n) is 8.78. The number of nitrogens with zero attached hydrogens (tertiary/aromatic N) is 6. The lowest BCUT2D eigenvalue weighted by Gasteiger charge is -2.16. The summed E-state index contributed by atoms with van der Waals surface area (Å²) in [6.45, 7) is 3.47. The van der Waals surface area contributed by atoms with E-state index >= 15 is 0 Å². The maximum absolute atomic E-state index is 13.7. The Morgan fingerprint density at radius 3 is 2.51 bits per heavy atom. The van der Waals surface area contributed by atoms with Gasteiger partial charge in [-0.1, -0.05) is 11.6 Å². The Morgan fingerprint density at radius 2 is 1.85 bits per heavy atom. The van der Waals surface area contributed by atoms with Gasteiger partial charge in [0.1, 0.15) is 12.2 Å². The van der Waals surface area contributed by atoms with E-state index in [-0.39, 0.29) is 34.6 Å². The van der Waals surface area contributed by atoms with Gasteiger partial charge < -0.3 is 5.32 Å². The predicted molar refractivity (Wildman–Crippen MR) is 145 cm³/mol. The second kappa shape index (κ2) is 11.8. The van der Waals surface area contributed by atoms with E-state index in [2.05, 4.69) is 48.2 Å². The number of hydrogen-bond donors (Lipinski definition) is 1. The van der Waals surface area contributed by atoms with E-state index < -0.39 is 30.1 Å². The first kappa shape index (κ1) is 30.5. The fraction of sp³-hybridized carbons (Fsp3) is 0.280. The van der Waals surface area contributed by atoms with E-state index in [0.29, 0.717) is 34.2 Å². The van der Waals surface area contributed by atoms with Gasteiger partial charge >= 0.3 is 12.1 Å². The summed E-state index contributed by atoms with van der Waals surface area (Å²) in [7, 11) is 0. The van der Waals surface area contributed by atoms with Gasteiger partial charge in [0.2, 0.25) is 0 Å². The fourth-order valence-electron chi connectivity index (χ4n) is 3.93. The van der Waals surface area contributed by atoms with E-state index in [9.17, 15) is 31.5 Å². The van der Waals surface area contributed by atoms with Gasteiger partial charge in [0, 0.05) is 28.3 Å². The predicted octanol–water partition coefficient (Wildman–Crippen LogP) is 5.30. The number of carbonyl (C=O) groups is 2. The van der Waals surface area contributed by atoms with Gasteiger partial charge in [-0.3, -0.25) is 9.59 Å². The molecule has 9 nitrogen and oxygen atoms in total. The molecule has 0 aliphatic heterocycles. The van der Waals surface area contributed by atoms with Crippen molar-refractivity contribution in [1.29, 1.82) is 0 Å². The van der Waals surface area contributed by atoms with Crippen LogP contribution in [-0.4, -0.2) is 54.2 Å². The number of amides is 1. The number of alkyl halides is 5. The zero-order chi connectivity index (χ0) is 30.1. The summed E-state index contributed by atoms with van der Waals surface area (Å²) in [5.74, 6) is -5.97. The minimum absolute atomic E-state index is 0.0200. The van der Waals surface area contributed by atoms with Crippen LogP contribution in [0.25, 0.3) is 5.82 Å². The quantitative estimate of drug-likeness (QED) is 0.144. The van der Waals surface area contributed by atoms with Gasteiger partial charge in [-0.05, 0) is 77.9 Å². The second-order valence-corrected chi connectivity index (χ2v) is 10.4. The van der Waals surface area contributed by atoms with Crippen LogP contribution in [0, 0.1) is 10.5 Å². The summed E-state index contributed by atoms with van der Waals surface area (Å²) in [5, 5.41) is 13.9. The molecule has 0 bridgehead atoms. The molecule has 4 rings (SSSR count). The standard InChI is InChI=1S/C25H20ClF5IN7O2/c1-3-33-23(41)17-8-14(32)7-13(2)16(17)10-20(40)19-9-15(36-39(19)22-18(26)5-4-6-34-22)12-38-35-11-21(37-38)24(27,28)25(29,30)31/h4-9,11H,3,10,12H2,1-2H3,(H,33,41). The zero-order valence-electron chi connectivity index (χ0n) is 21.3. The molecular formula is C25H20ClF5IN7O2. The number of Topliss-reactive ketones (excluding diaryl/α,β-unsaturated/α-hetero) is 1. The topological polar surface area (TPSA) is 108 Å². The highest BCUT2D eigenvalue weighted by Crippen LogP contribution is 2.42. The van der Waals surface area contributed by atoms with Gasteiger partial charge in [-0.15, -0.1) is 0 Å². The average Bonchev–Trinajstić information content (AvgIpc) is 3.53. The minimum atomic E-state index is -5.86. The number of carbonyl (C=O) groups excluding carboxylic acids is 2. The Hall–Kier alpha value is -3.47. The lowest BCUT2D eigenvalue weighted by Crippen LogP contribution is -2.34. The number of rotatable bonds is 9. The SMILES string of the molecule is CCNC(=O)c1cc(I)cc(C)c1CC(=O)c1cc(Cn2ncc(C(F)(F)C(F)(F)F)n2)nn1-c1ncccc1Cl. The molecule has 0 saturated heterocycles.